The number of halogens is 2. The maximum absolute atomic E-state index is 14.4. The van der Waals surface area contributed by atoms with E-state index in [1.807, 2.05) is 32.0 Å². The molecule has 190 valence electrons. The molecule has 1 fully saturated rings. The standard InChI is InChI=1S/C26H25BrFN7O2/c1-3-20-19-9-16(17-11-29-15(2)30-12-17)7-8-21(19)35(33-20)14-25(36)34-13-18(28)10-22(34)26(37)32-24-6-4-5-23(27)31-24/h4-9,11-12,18,22H,3,10,13-14H2,1-2H3,(H,31,32,37)/t18-,22+/m1/s1. The van der Waals surface area contributed by atoms with Gasteiger partial charge in [-0.15, -0.1) is 0 Å². The van der Waals surface area contributed by atoms with Crippen LogP contribution in [0, 0.1) is 6.92 Å². The smallest absolute Gasteiger partial charge is 0.248 e. The first kappa shape index (κ1) is 24.9. The van der Waals surface area contributed by atoms with Gasteiger partial charge in [-0.3, -0.25) is 14.3 Å². The van der Waals surface area contributed by atoms with Crippen molar-refractivity contribution in [3.05, 3.63) is 64.9 Å². The summed E-state index contributed by atoms with van der Waals surface area (Å²) in [6.45, 7) is 3.59. The predicted octanol–water partition coefficient (Wildman–Crippen LogP) is 4.10. The number of nitrogens with one attached hydrogen (secondary N) is 1. The number of pyridine rings is 1. The molecule has 1 N–H and O–H groups in total. The Labute approximate surface area is 221 Å². The molecule has 1 aromatic carbocycles. The topological polar surface area (TPSA) is 106 Å². The van der Waals surface area contributed by atoms with Crippen LogP contribution in [0.5, 0.6) is 0 Å². The molecule has 0 saturated carbocycles. The zero-order valence-corrected chi connectivity index (χ0v) is 21.9. The van der Waals surface area contributed by atoms with Crippen molar-refractivity contribution in [2.24, 2.45) is 0 Å². The quantitative estimate of drug-likeness (QED) is 0.353. The van der Waals surface area contributed by atoms with Crippen LogP contribution < -0.4 is 5.32 Å². The highest BCUT2D eigenvalue weighted by Crippen LogP contribution is 2.28. The number of carbonyl (C=O) groups is 2. The molecule has 2 atom stereocenters. The highest BCUT2D eigenvalue weighted by atomic mass is 79.9. The molecule has 1 aliphatic heterocycles. The van der Waals surface area contributed by atoms with Crippen molar-refractivity contribution in [3.8, 4) is 11.1 Å². The van der Waals surface area contributed by atoms with Crippen LogP contribution >= 0.6 is 15.9 Å². The maximum atomic E-state index is 14.4. The van der Waals surface area contributed by atoms with Crippen LogP contribution in [-0.4, -0.2) is 60.2 Å². The molecule has 2 amide bonds. The number of anilines is 1. The van der Waals surface area contributed by atoms with Gasteiger partial charge in [-0.25, -0.2) is 19.3 Å². The van der Waals surface area contributed by atoms with Gasteiger partial charge in [-0.05, 0) is 59.1 Å². The third-order valence-corrected chi connectivity index (χ3v) is 6.84. The van der Waals surface area contributed by atoms with Gasteiger partial charge in [0.1, 0.15) is 35.0 Å². The van der Waals surface area contributed by atoms with Crippen molar-refractivity contribution in [1.29, 1.82) is 0 Å². The lowest BCUT2D eigenvalue weighted by Gasteiger charge is -2.23. The third kappa shape index (κ3) is 5.22. The van der Waals surface area contributed by atoms with E-state index < -0.39 is 18.1 Å². The number of alkyl halides is 1. The van der Waals surface area contributed by atoms with E-state index in [2.05, 4.69) is 41.3 Å². The molecule has 1 saturated heterocycles. The number of aromatic nitrogens is 5. The SMILES string of the molecule is CCc1nn(CC(=O)N2C[C@H](F)C[C@H]2C(=O)Nc2cccc(Br)n2)c2ccc(-c3cnc(C)nc3)cc12. The average Bonchev–Trinajstić information content (AvgIpc) is 3.44. The predicted molar refractivity (Wildman–Crippen MR) is 140 cm³/mol. The molecule has 5 rings (SSSR count). The first-order valence-corrected chi connectivity index (χ1v) is 12.8. The number of hydrogen-bond donors (Lipinski definition) is 1. The number of benzene rings is 1. The molecule has 0 bridgehead atoms. The van der Waals surface area contributed by atoms with E-state index in [1.165, 1.54) is 4.90 Å². The van der Waals surface area contributed by atoms with Crippen LogP contribution in [0.2, 0.25) is 0 Å². The largest absolute Gasteiger partial charge is 0.326 e. The molecule has 11 heteroatoms. The second-order valence-electron chi connectivity index (χ2n) is 8.94. The molecule has 3 aromatic heterocycles. The van der Waals surface area contributed by atoms with E-state index in [0.717, 1.165) is 27.7 Å². The minimum atomic E-state index is -1.28. The summed E-state index contributed by atoms with van der Waals surface area (Å²) in [6.07, 6.45) is 2.88. The van der Waals surface area contributed by atoms with Gasteiger partial charge < -0.3 is 10.2 Å². The van der Waals surface area contributed by atoms with Crippen molar-refractivity contribution in [2.75, 3.05) is 11.9 Å². The van der Waals surface area contributed by atoms with Gasteiger partial charge >= 0.3 is 0 Å². The van der Waals surface area contributed by atoms with E-state index >= 15 is 0 Å². The molecule has 9 nitrogen and oxygen atoms in total. The Morgan fingerprint density at radius 1 is 1.16 bits per heavy atom. The number of fused-ring (bicyclic) bond motifs is 1. The zero-order valence-electron chi connectivity index (χ0n) is 20.4. The van der Waals surface area contributed by atoms with E-state index in [1.54, 1.807) is 35.3 Å². The summed E-state index contributed by atoms with van der Waals surface area (Å²) >= 11 is 3.26. The summed E-state index contributed by atoms with van der Waals surface area (Å²) in [6, 6.07) is 10.0. The van der Waals surface area contributed by atoms with Crippen molar-refractivity contribution >= 4 is 44.5 Å². The lowest BCUT2D eigenvalue weighted by molar-refractivity contribution is -0.137. The van der Waals surface area contributed by atoms with Crippen LogP contribution in [0.25, 0.3) is 22.0 Å². The molecular formula is C26H25BrFN7O2. The van der Waals surface area contributed by atoms with Crippen molar-refractivity contribution in [1.82, 2.24) is 29.6 Å². The molecule has 4 aromatic rings. The number of rotatable bonds is 6. The van der Waals surface area contributed by atoms with Gasteiger partial charge in [0.05, 0.1) is 17.8 Å². The summed E-state index contributed by atoms with van der Waals surface area (Å²) in [7, 11) is 0. The molecule has 0 radical (unpaired) electrons. The van der Waals surface area contributed by atoms with Crippen LogP contribution in [0.3, 0.4) is 0 Å². The van der Waals surface area contributed by atoms with E-state index in [4.69, 9.17) is 0 Å². The Bertz CT molecular complexity index is 1470. The number of amides is 2. The Morgan fingerprint density at radius 2 is 1.95 bits per heavy atom. The number of likely N-dealkylation sites (tertiary alicyclic amines) is 1. The Hall–Kier alpha value is -3.73. The van der Waals surface area contributed by atoms with Crippen LogP contribution in [0.4, 0.5) is 10.2 Å². The van der Waals surface area contributed by atoms with E-state index in [-0.39, 0.29) is 25.4 Å². The second kappa shape index (κ2) is 10.3. The maximum Gasteiger partial charge on any atom is 0.248 e. The van der Waals surface area contributed by atoms with Crippen LogP contribution in [0.15, 0.2) is 53.4 Å². The zero-order chi connectivity index (χ0) is 26.1. The van der Waals surface area contributed by atoms with Gasteiger partial charge in [0.2, 0.25) is 11.8 Å². The van der Waals surface area contributed by atoms with Gasteiger partial charge in [0.25, 0.3) is 0 Å². The fraction of sp³-hybridized carbons (Fsp3) is 0.308. The van der Waals surface area contributed by atoms with Crippen molar-refractivity contribution < 1.29 is 14.0 Å². The van der Waals surface area contributed by atoms with Gasteiger partial charge in [0.15, 0.2) is 0 Å². The Balaban J connectivity index is 1.38. The first-order valence-electron chi connectivity index (χ1n) is 12.0. The molecule has 0 unspecified atom stereocenters. The van der Waals surface area contributed by atoms with Crippen molar-refractivity contribution in [2.45, 2.75) is 45.4 Å². The molecular weight excluding hydrogens is 541 g/mol. The summed E-state index contributed by atoms with van der Waals surface area (Å²) in [5.41, 5.74) is 3.47. The van der Waals surface area contributed by atoms with Crippen molar-refractivity contribution in [3.63, 3.8) is 0 Å². The molecule has 0 aliphatic carbocycles. The van der Waals surface area contributed by atoms with E-state index in [0.29, 0.717) is 22.7 Å². The molecule has 1 aliphatic rings. The summed E-state index contributed by atoms with van der Waals surface area (Å²) < 4.78 is 16.6. The minimum absolute atomic E-state index is 0.0619. The Morgan fingerprint density at radius 3 is 2.68 bits per heavy atom. The van der Waals surface area contributed by atoms with Gasteiger partial charge in [0, 0.05) is 29.8 Å². The average molecular weight is 566 g/mol. The van der Waals surface area contributed by atoms with Crippen LogP contribution in [0.1, 0.15) is 24.9 Å². The fourth-order valence-electron chi connectivity index (χ4n) is 4.56. The lowest BCUT2D eigenvalue weighted by Crippen LogP contribution is -2.44. The monoisotopic (exact) mass is 565 g/mol. The first-order chi connectivity index (χ1) is 17.8. The second-order valence-corrected chi connectivity index (χ2v) is 9.75. The fourth-order valence-corrected chi connectivity index (χ4v) is 4.91. The molecule has 0 spiro atoms. The number of aryl methyl sites for hydroxylation is 2. The van der Waals surface area contributed by atoms with Gasteiger partial charge in [-0.2, -0.15) is 5.10 Å². The normalized spacial score (nSPS) is 17.4. The summed E-state index contributed by atoms with van der Waals surface area (Å²) in [5.74, 6) is 0.187. The number of nitrogens with zero attached hydrogens (tertiary/aromatic N) is 6. The summed E-state index contributed by atoms with van der Waals surface area (Å²) in [5, 5.41) is 8.28. The van der Waals surface area contributed by atoms with Gasteiger partial charge in [-0.1, -0.05) is 19.1 Å². The highest BCUT2D eigenvalue weighted by molar-refractivity contribution is 9.10. The number of carbonyl (C=O) groups excluding carboxylic acids is 2. The van der Waals surface area contributed by atoms with Crippen LogP contribution in [-0.2, 0) is 22.6 Å². The minimum Gasteiger partial charge on any atom is -0.326 e. The lowest BCUT2D eigenvalue weighted by atomic mass is 10.1. The van der Waals surface area contributed by atoms with E-state index in [9.17, 15) is 14.0 Å². The number of hydrogen-bond acceptors (Lipinski definition) is 6. The highest BCUT2D eigenvalue weighted by Gasteiger charge is 2.40. The summed E-state index contributed by atoms with van der Waals surface area (Å²) in [4.78, 5) is 40.3. The molecule has 4 heterocycles. The molecule has 37 heavy (non-hydrogen) atoms. The Kier molecular flexibility index (Phi) is 6.96. The third-order valence-electron chi connectivity index (χ3n) is 6.40.